The fourth-order valence-corrected chi connectivity index (χ4v) is 2.43. The number of hydrogen-bond acceptors (Lipinski definition) is 4. The lowest BCUT2D eigenvalue weighted by molar-refractivity contribution is 0.0946. The lowest BCUT2D eigenvalue weighted by Gasteiger charge is -2.08. The zero-order chi connectivity index (χ0) is 16.8. The van der Waals surface area contributed by atoms with Gasteiger partial charge in [-0.2, -0.15) is 5.10 Å². The van der Waals surface area contributed by atoms with Gasteiger partial charge in [-0.05, 0) is 36.4 Å². The molecule has 1 aromatic carbocycles. The predicted octanol–water partition coefficient (Wildman–Crippen LogP) is 2.84. The molecular formula is C17H15BrN4O2. The molecule has 0 spiro atoms. The minimum absolute atomic E-state index is 0.188. The molecule has 0 saturated carbocycles. The number of aromatic nitrogens is 3. The van der Waals surface area contributed by atoms with Gasteiger partial charge in [-0.3, -0.25) is 4.79 Å². The minimum Gasteiger partial charge on any atom is -0.492 e. The number of carbonyl (C=O) groups is 1. The maximum absolute atomic E-state index is 12.1. The molecule has 0 aliphatic heterocycles. The number of carbonyl (C=O) groups excluding carboxylic acids is 1. The summed E-state index contributed by atoms with van der Waals surface area (Å²) in [6.07, 6.45) is 5.00. The first kappa shape index (κ1) is 16.2. The molecule has 2 heterocycles. The van der Waals surface area contributed by atoms with Crippen LogP contribution in [0.4, 0.5) is 0 Å². The molecule has 122 valence electrons. The van der Waals surface area contributed by atoms with E-state index in [9.17, 15) is 4.79 Å². The average molecular weight is 387 g/mol. The van der Waals surface area contributed by atoms with E-state index >= 15 is 0 Å². The molecule has 0 unspecified atom stereocenters. The van der Waals surface area contributed by atoms with Gasteiger partial charge in [-0.25, -0.2) is 9.67 Å². The predicted molar refractivity (Wildman–Crippen MR) is 93.3 cm³/mol. The number of hydrogen-bond donors (Lipinski definition) is 1. The molecule has 1 amide bonds. The van der Waals surface area contributed by atoms with E-state index < -0.39 is 0 Å². The Kier molecular flexibility index (Phi) is 5.22. The minimum atomic E-state index is -0.188. The molecule has 0 aliphatic rings. The van der Waals surface area contributed by atoms with E-state index in [-0.39, 0.29) is 5.91 Å². The van der Waals surface area contributed by atoms with Crippen LogP contribution < -0.4 is 10.1 Å². The fourth-order valence-electron chi connectivity index (χ4n) is 2.05. The molecule has 3 rings (SSSR count). The monoisotopic (exact) mass is 386 g/mol. The number of benzene rings is 1. The van der Waals surface area contributed by atoms with Crippen molar-refractivity contribution in [2.75, 3.05) is 13.2 Å². The number of rotatable bonds is 6. The molecule has 0 saturated heterocycles. The number of amides is 1. The van der Waals surface area contributed by atoms with Crippen LogP contribution in [0.1, 0.15) is 10.4 Å². The maximum Gasteiger partial charge on any atom is 0.252 e. The van der Waals surface area contributed by atoms with Gasteiger partial charge >= 0.3 is 0 Å². The van der Waals surface area contributed by atoms with E-state index in [4.69, 9.17) is 4.74 Å². The second kappa shape index (κ2) is 7.74. The van der Waals surface area contributed by atoms with Crippen LogP contribution in [0.15, 0.2) is 65.5 Å². The molecule has 0 aliphatic carbocycles. The summed E-state index contributed by atoms with van der Waals surface area (Å²) in [7, 11) is 0. The Labute approximate surface area is 147 Å². The Morgan fingerprint density at radius 3 is 2.88 bits per heavy atom. The summed E-state index contributed by atoms with van der Waals surface area (Å²) < 4.78 is 8.15. The summed E-state index contributed by atoms with van der Waals surface area (Å²) in [5.41, 5.74) is 0.494. The Hall–Kier alpha value is -2.67. The molecule has 7 heteroatoms. The average Bonchev–Trinajstić information content (AvgIpc) is 3.13. The van der Waals surface area contributed by atoms with E-state index in [1.807, 2.05) is 30.3 Å². The Morgan fingerprint density at radius 2 is 2.17 bits per heavy atom. The normalized spacial score (nSPS) is 10.4. The van der Waals surface area contributed by atoms with Crippen molar-refractivity contribution in [1.29, 1.82) is 0 Å². The summed E-state index contributed by atoms with van der Waals surface area (Å²) in [6, 6.07) is 12.8. The van der Waals surface area contributed by atoms with Gasteiger partial charge in [0.25, 0.3) is 5.91 Å². The van der Waals surface area contributed by atoms with Crippen molar-refractivity contribution in [3.8, 4) is 11.6 Å². The van der Waals surface area contributed by atoms with Crippen LogP contribution in [-0.2, 0) is 0 Å². The van der Waals surface area contributed by atoms with Gasteiger partial charge in [-0.1, -0.05) is 22.0 Å². The van der Waals surface area contributed by atoms with Crippen LogP contribution in [0.3, 0.4) is 0 Å². The third-order valence-electron chi connectivity index (χ3n) is 3.20. The fraction of sp³-hybridized carbons (Fsp3) is 0.118. The quantitative estimate of drug-likeness (QED) is 0.661. The topological polar surface area (TPSA) is 69.0 Å². The van der Waals surface area contributed by atoms with Gasteiger partial charge in [0.15, 0.2) is 5.82 Å². The first-order chi connectivity index (χ1) is 11.7. The Balaban J connectivity index is 1.48. The van der Waals surface area contributed by atoms with Gasteiger partial charge in [0.05, 0.1) is 12.1 Å². The molecule has 3 aromatic rings. The number of pyridine rings is 1. The number of nitrogens with one attached hydrogen (secondary N) is 1. The Morgan fingerprint density at radius 1 is 1.25 bits per heavy atom. The van der Waals surface area contributed by atoms with Crippen LogP contribution in [0.2, 0.25) is 0 Å². The summed E-state index contributed by atoms with van der Waals surface area (Å²) in [5.74, 6) is 1.23. The first-order valence-electron chi connectivity index (χ1n) is 7.35. The van der Waals surface area contributed by atoms with Crippen LogP contribution in [0, 0.1) is 0 Å². The van der Waals surface area contributed by atoms with Gasteiger partial charge in [0, 0.05) is 23.1 Å². The van der Waals surface area contributed by atoms with E-state index in [0.29, 0.717) is 24.5 Å². The zero-order valence-electron chi connectivity index (χ0n) is 12.7. The molecule has 0 radical (unpaired) electrons. The van der Waals surface area contributed by atoms with Crippen molar-refractivity contribution >= 4 is 21.8 Å². The lowest BCUT2D eigenvalue weighted by atomic mass is 10.2. The van der Waals surface area contributed by atoms with Crippen molar-refractivity contribution in [3.63, 3.8) is 0 Å². The molecule has 6 nitrogen and oxygen atoms in total. The Bertz CT molecular complexity index is 804. The summed E-state index contributed by atoms with van der Waals surface area (Å²) in [6.45, 7) is 0.799. The van der Waals surface area contributed by atoms with Crippen molar-refractivity contribution in [2.45, 2.75) is 0 Å². The highest BCUT2D eigenvalue weighted by atomic mass is 79.9. The lowest BCUT2D eigenvalue weighted by Crippen LogP contribution is -2.28. The van der Waals surface area contributed by atoms with Gasteiger partial charge in [0.2, 0.25) is 0 Å². The van der Waals surface area contributed by atoms with Crippen LogP contribution in [-0.4, -0.2) is 33.8 Å². The van der Waals surface area contributed by atoms with E-state index in [1.54, 1.807) is 29.2 Å². The number of halogens is 1. The molecular weight excluding hydrogens is 372 g/mol. The number of nitrogens with zero attached hydrogens (tertiary/aromatic N) is 3. The third-order valence-corrected chi connectivity index (χ3v) is 3.69. The van der Waals surface area contributed by atoms with Crippen molar-refractivity contribution in [3.05, 3.63) is 71.1 Å². The molecule has 24 heavy (non-hydrogen) atoms. The zero-order valence-corrected chi connectivity index (χ0v) is 14.3. The summed E-state index contributed by atoms with van der Waals surface area (Å²) in [5, 5.41) is 6.89. The van der Waals surface area contributed by atoms with Gasteiger partial charge in [-0.15, -0.1) is 0 Å². The molecule has 0 bridgehead atoms. The summed E-state index contributed by atoms with van der Waals surface area (Å²) in [4.78, 5) is 16.3. The standard InChI is InChI=1S/C17H15BrN4O2/c18-14-3-1-4-15(11-14)24-10-8-19-17(23)13-5-6-16(20-12-13)22-9-2-7-21-22/h1-7,9,11-12H,8,10H2,(H,19,23). The summed E-state index contributed by atoms with van der Waals surface area (Å²) >= 11 is 3.38. The smallest absolute Gasteiger partial charge is 0.252 e. The highest BCUT2D eigenvalue weighted by Gasteiger charge is 2.06. The highest BCUT2D eigenvalue weighted by molar-refractivity contribution is 9.10. The number of ether oxygens (including phenoxy) is 1. The van der Waals surface area contributed by atoms with Crippen molar-refractivity contribution in [2.24, 2.45) is 0 Å². The third kappa shape index (κ3) is 4.20. The van der Waals surface area contributed by atoms with Crippen LogP contribution in [0.5, 0.6) is 5.75 Å². The second-order valence-corrected chi connectivity index (χ2v) is 5.83. The van der Waals surface area contributed by atoms with Gasteiger partial charge in [0.1, 0.15) is 12.4 Å². The van der Waals surface area contributed by atoms with Gasteiger partial charge < -0.3 is 10.1 Å². The van der Waals surface area contributed by atoms with E-state index in [1.165, 1.54) is 6.20 Å². The van der Waals surface area contributed by atoms with Crippen molar-refractivity contribution < 1.29 is 9.53 Å². The van der Waals surface area contributed by atoms with E-state index in [0.717, 1.165) is 10.2 Å². The second-order valence-electron chi connectivity index (χ2n) is 4.92. The van der Waals surface area contributed by atoms with E-state index in [2.05, 4.69) is 31.3 Å². The SMILES string of the molecule is O=C(NCCOc1cccc(Br)c1)c1ccc(-n2cccn2)nc1. The highest BCUT2D eigenvalue weighted by Crippen LogP contribution is 2.17. The molecule has 0 atom stereocenters. The molecule has 2 aromatic heterocycles. The van der Waals surface area contributed by atoms with Crippen LogP contribution in [0.25, 0.3) is 5.82 Å². The van der Waals surface area contributed by atoms with Crippen molar-refractivity contribution in [1.82, 2.24) is 20.1 Å². The maximum atomic E-state index is 12.1. The van der Waals surface area contributed by atoms with Crippen LogP contribution >= 0.6 is 15.9 Å². The largest absolute Gasteiger partial charge is 0.492 e. The first-order valence-corrected chi connectivity index (χ1v) is 8.14. The molecule has 0 fully saturated rings. The molecule has 1 N–H and O–H groups in total.